The molecule has 19 heavy (non-hydrogen) atoms. The van der Waals surface area contributed by atoms with E-state index >= 15 is 0 Å². The van der Waals surface area contributed by atoms with Gasteiger partial charge in [-0.2, -0.15) is 0 Å². The first-order chi connectivity index (χ1) is 8.95. The van der Waals surface area contributed by atoms with Gasteiger partial charge in [0.2, 0.25) is 5.91 Å². The van der Waals surface area contributed by atoms with Crippen LogP contribution in [0.1, 0.15) is 23.7 Å². The highest BCUT2D eigenvalue weighted by molar-refractivity contribution is 5.94. The van der Waals surface area contributed by atoms with Gasteiger partial charge in [-0.3, -0.25) is 9.59 Å². The Morgan fingerprint density at radius 3 is 2.21 bits per heavy atom. The van der Waals surface area contributed by atoms with Crippen molar-refractivity contribution < 1.29 is 22.8 Å². The first-order valence-electron chi connectivity index (χ1n) is 5.65. The molecule has 1 aromatic rings. The Labute approximate surface area is 108 Å². The van der Waals surface area contributed by atoms with Crippen LogP contribution in [0.5, 0.6) is 0 Å². The molecule has 0 aliphatic rings. The zero-order chi connectivity index (χ0) is 14.4. The van der Waals surface area contributed by atoms with Gasteiger partial charge in [0, 0.05) is 25.1 Å². The van der Waals surface area contributed by atoms with Crippen molar-refractivity contribution in [3.8, 4) is 0 Å². The fourth-order valence-corrected chi connectivity index (χ4v) is 1.36. The SMILES string of the molecule is CCNC(=O)CCNC(=O)c1cc(F)c(F)c(F)c1. The molecule has 104 valence electrons. The van der Waals surface area contributed by atoms with Crippen LogP contribution in [-0.4, -0.2) is 24.9 Å². The van der Waals surface area contributed by atoms with Crippen molar-refractivity contribution in [3.63, 3.8) is 0 Å². The molecule has 0 aromatic heterocycles. The number of rotatable bonds is 5. The Morgan fingerprint density at radius 1 is 1.11 bits per heavy atom. The van der Waals surface area contributed by atoms with Gasteiger partial charge in [0.1, 0.15) is 0 Å². The van der Waals surface area contributed by atoms with E-state index in [2.05, 4.69) is 10.6 Å². The van der Waals surface area contributed by atoms with Gasteiger partial charge in [-0.05, 0) is 19.1 Å². The largest absolute Gasteiger partial charge is 0.356 e. The second-order valence-electron chi connectivity index (χ2n) is 3.71. The van der Waals surface area contributed by atoms with Crippen LogP contribution in [0.15, 0.2) is 12.1 Å². The average molecular weight is 274 g/mol. The summed E-state index contributed by atoms with van der Waals surface area (Å²) in [6.45, 7) is 2.24. The summed E-state index contributed by atoms with van der Waals surface area (Å²) in [5, 5.41) is 4.83. The fourth-order valence-electron chi connectivity index (χ4n) is 1.36. The summed E-state index contributed by atoms with van der Waals surface area (Å²) >= 11 is 0. The number of halogens is 3. The molecule has 0 atom stereocenters. The van der Waals surface area contributed by atoms with Gasteiger partial charge >= 0.3 is 0 Å². The Hall–Kier alpha value is -2.05. The van der Waals surface area contributed by atoms with Crippen LogP contribution in [0.4, 0.5) is 13.2 Å². The maximum atomic E-state index is 12.9. The monoisotopic (exact) mass is 274 g/mol. The van der Waals surface area contributed by atoms with Crippen LogP contribution >= 0.6 is 0 Å². The number of amides is 2. The molecule has 0 aliphatic heterocycles. The van der Waals surface area contributed by atoms with E-state index in [0.29, 0.717) is 18.7 Å². The van der Waals surface area contributed by atoms with Crippen molar-refractivity contribution in [2.24, 2.45) is 0 Å². The van der Waals surface area contributed by atoms with Crippen LogP contribution in [0.25, 0.3) is 0 Å². The second-order valence-corrected chi connectivity index (χ2v) is 3.71. The van der Waals surface area contributed by atoms with E-state index in [1.165, 1.54) is 0 Å². The molecule has 1 aromatic carbocycles. The molecule has 2 amide bonds. The Balaban J connectivity index is 2.57. The maximum Gasteiger partial charge on any atom is 0.251 e. The number of benzene rings is 1. The third-order valence-electron chi connectivity index (χ3n) is 2.26. The van der Waals surface area contributed by atoms with Crippen molar-refractivity contribution in [2.75, 3.05) is 13.1 Å². The van der Waals surface area contributed by atoms with E-state index < -0.39 is 23.4 Å². The summed E-state index contributed by atoms with van der Waals surface area (Å²) in [5.41, 5.74) is -0.340. The van der Waals surface area contributed by atoms with Crippen molar-refractivity contribution in [1.29, 1.82) is 0 Å². The molecule has 0 unspecified atom stereocenters. The Kier molecular flexibility index (Phi) is 5.35. The highest BCUT2D eigenvalue weighted by atomic mass is 19.2. The molecule has 0 fully saturated rings. The number of hydrogen-bond acceptors (Lipinski definition) is 2. The molecule has 0 aliphatic carbocycles. The zero-order valence-corrected chi connectivity index (χ0v) is 10.2. The topological polar surface area (TPSA) is 58.2 Å². The van der Waals surface area contributed by atoms with Crippen molar-refractivity contribution in [2.45, 2.75) is 13.3 Å². The van der Waals surface area contributed by atoms with Gasteiger partial charge in [-0.25, -0.2) is 13.2 Å². The van der Waals surface area contributed by atoms with E-state index in [1.54, 1.807) is 6.92 Å². The fraction of sp³-hybridized carbons (Fsp3) is 0.333. The molecular weight excluding hydrogens is 261 g/mol. The number of hydrogen-bond donors (Lipinski definition) is 2. The molecule has 4 nitrogen and oxygen atoms in total. The van der Waals surface area contributed by atoms with E-state index in [9.17, 15) is 22.8 Å². The first kappa shape index (κ1) is 15.0. The Bertz CT molecular complexity index is 469. The van der Waals surface area contributed by atoms with Gasteiger partial charge in [-0.1, -0.05) is 0 Å². The summed E-state index contributed by atoms with van der Waals surface area (Å²) < 4.78 is 38.5. The van der Waals surface area contributed by atoms with Gasteiger partial charge in [-0.15, -0.1) is 0 Å². The zero-order valence-electron chi connectivity index (χ0n) is 10.2. The normalized spacial score (nSPS) is 10.1. The lowest BCUT2D eigenvalue weighted by molar-refractivity contribution is -0.120. The van der Waals surface area contributed by atoms with Crippen LogP contribution in [0, 0.1) is 17.5 Å². The van der Waals surface area contributed by atoms with Crippen LogP contribution in [-0.2, 0) is 4.79 Å². The molecule has 0 saturated heterocycles. The Morgan fingerprint density at radius 2 is 1.68 bits per heavy atom. The van der Waals surface area contributed by atoms with E-state index in [4.69, 9.17) is 0 Å². The molecule has 0 spiro atoms. The van der Waals surface area contributed by atoms with E-state index in [-0.39, 0.29) is 24.4 Å². The van der Waals surface area contributed by atoms with Gasteiger partial charge in [0.05, 0.1) is 0 Å². The molecule has 1 rings (SSSR count). The maximum absolute atomic E-state index is 12.9. The van der Waals surface area contributed by atoms with Crippen LogP contribution in [0.2, 0.25) is 0 Å². The summed E-state index contributed by atoms with van der Waals surface area (Å²) in [6.07, 6.45) is 0.0474. The third-order valence-corrected chi connectivity index (χ3v) is 2.26. The van der Waals surface area contributed by atoms with Gasteiger partial charge in [0.25, 0.3) is 5.91 Å². The lowest BCUT2D eigenvalue weighted by atomic mass is 10.2. The number of carbonyl (C=O) groups excluding carboxylic acids is 2. The standard InChI is InChI=1S/C12H13F3N2O2/c1-2-16-10(18)3-4-17-12(19)7-5-8(13)11(15)9(14)6-7/h5-6H,2-4H2,1H3,(H,16,18)(H,17,19). The number of carbonyl (C=O) groups is 2. The average Bonchev–Trinajstić information content (AvgIpc) is 2.35. The van der Waals surface area contributed by atoms with E-state index in [0.717, 1.165) is 0 Å². The van der Waals surface area contributed by atoms with Gasteiger partial charge < -0.3 is 10.6 Å². The van der Waals surface area contributed by atoms with Crippen molar-refractivity contribution in [1.82, 2.24) is 10.6 Å². The predicted molar refractivity (Wildman–Crippen MR) is 61.9 cm³/mol. The first-order valence-corrected chi connectivity index (χ1v) is 5.65. The van der Waals surface area contributed by atoms with Crippen molar-refractivity contribution >= 4 is 11.8 Å². The smallest absolute Gasteiger partial charge is 0.251 e. The minimum Gasteiger partial charge on any atom is -0.356 e. The summed E-state index contributed by atoms with van der Waals surface area (Å²) in [4.78, 5) is 22.6. The molecular formula is C12H13F3N2O2. The summed E-state index contributed by atoms with van der Waals surface area (Å²) in [5.74, 6) is -5.53. The lowest BCUT2D eigenvalue weighted by Crippen LogP contribution is -2.30. The highest BCUT2D eigenvalue weighted by Gasteiger charge is 2.14. The molecule has 7 heteroatoms. The molecule has 0 saturated carbocycles. The molecule has 0 heterocycles. The quantitative estimate of drug-likeness (QED) is 0.796. The highest BCUT2D eigenvalue weighted by Crippen LogP contribution is 2.13. The minimum atomic E-state index is -1.63. The minimum absolute atomic E-state index is 0.0191. The lowest BCUT2D eigenvalue weighted by Gasteiger charge is -2.06. The summed E-state index contributed by atoms with van der Waals surface area (Å²) in [7, 11) is 0. The van der Waals surface area contributed by atoms with E-state index in [1.807, 2.05) is 0 Å². The van der Waals surface area contributed by atoms with Crippen LogP contribution < -0.4 is 10.6 Å². The van der Waals surface area contributed by atoms with Gasteiger partial charge in [0.15, 0.2) is 17.5 Å². The second kappa shape index (κ2) is 6.77. The third kappa shape index (κ3) is 4.27. The predicted octanol–water partition coefficient (Wildman–Crippen LogP) is 1.36. The molecule has 2 N–H and O–H groups in total. The summed E-state index contributed by atoms with van der Waals surface area (Å²) in [6, 6.07) is 1.19. The van der Waals surface area contributed by atoms with Crippen LogP contribution in [0.3, 0.4) is 0 Å². The molecule has 0 radical (unpaired) electrons. The molecule has 0 bridgehead atoms. The van der Waals surface area contributed by atoms with Crippen molar-refractivity contribution in [3.05, 3.63) is 35.1 Å². The number of nitrogens with one attached hydrogen (secondary N) is 2.